The molecule has 3 aromatic carbocycles. The molecule has 3 rings (SSSR count). The third kappa shape index (κ3) is 5.31. The maximum absolute atomic E-state index is 12.0. The van der Waals surface area contributed by atoms with Crippen LogP contribution in [0, 0.1) is 6.92 Å². The van der Waals surface area contributed by atoms with E-state index in [1.165, 1.54) is 11.1 Å². The Kier molecular flexibility index (Phi) is 6.37. The van der Waals surface area contributed by atoms with E-state index in [-0.39, 0.29) is 11.4 Å². The average Bonchev–Trinajstić information content (AvgIpc) is 2.70. The number of hydrogen-bond acceptors (Lipinski definition) is 3. The first-order valence-electron chi connectivity index (χ1n) is 9.92. The molecule has 0 saturated carbocycles. The molecule has 3 aromatic rings. The third-order valence-corrected chi connectivity index (χ3v) is 5.43. The van der Waals surface area contributed by atoms with Crippen LogP contribution in [0.1, 0.15) is 44.4 Å². The Bertz CT molecular complexity index is 996. The number of aryl methyl sites for hydroxylation is 1. The molecule has 0 aromatic heterocycles. The van der Waals surface area contributed by atoms with Gasteiger partial charge >= 0.3 is 5.97 Å². The van der Waals surface area contributed by atoms with Gasteiger partial charge in [-0.2, -0.15) is 0 Å². The van der Waals surface area contributed by atoms with Gasteiger partial charge in [0.25, 0.3) is 0 Å². The fraction of sp³-hybridized carbons (Fsp3) is 0.269. The van der Waals surface area contributed by atoms with E-state index in [0.717, 1.165) is 17.1 Å². The van der Waals surface area contributed by atoms with Gasteiger partial charge in [-0.05, 0) is 68.3 Å². The SMILES string of the molecule is Cc1ccc(Oc2ccc(C(C)(C)c3ccc(OC(=O)C(C)(C)Br)cc3)cc2)cc1. The summed E-state index contributed by atoms with van der Waals surface area (Å²) in [4.78, 5) is 12.0. The fourth-order valence-electron chi connectivity index (χ4n) is 3.02. The van der Waals surface area contributed by atoms with Crippen LogP contribution in [0.15, 0.2) is 72.8 Å². The first kappa shape index (κ1) is 22.1. The lowest BCUT2D eigenvalue weighted by Gasteiger charge is -2.26. The van der Waals surface area contributed by atoms with Crippen molar-refractivity contribution in [3.63, 3.8) is 0 Å². The van der Waals surface area contributed by atoms with E-state index in [1.54, 1.807) is 13.8 Å². The molecule has 0 spiro atoms. The lowest BCUT2D eigenvalue weighted by Crippen LogP contribution is -2.29. The second-order valence-electron chi connectivity index (χ2n) is 8.45. The molecule has 0 aliphatic heterocycles. The Balaban J connectivity index is 1.73. The number of rotatable bonds is 6. The molecule has 0 fully saturated rings. The van der Waals surface area contributed by atoms with Crippen LogP contribution in [-0.4, -0.2) is 10.3 Å². The average molecular weight is 467 g/mol. The Labute approximate surface area is 187 Å². The molecular weight excluding hydrogens is 440 g/mol. The van der Waals surface area contributed by atoms with Crippen molar-refractivity contribution < 1.29 is 14.3 Å². The zero-order valence-electron chi connectivity index (χ0n) is 18.0. The molecule has 0 atom stereocenters. The summed E-state index contributed by atoms with van der Waals surface area (Å²) in [6.07, 6.45) is 0. The number of benzene rings is 3. The van der Waals surface area contributed by atoms with Crippen LogP contribution in [0.25, 0.3) is 0 Å². The van der Waals surface area contributed by atoms with Crippen molar-refractivity contribution >= 4 is 21.9 Å². The van der Waals surface area contributed by atoms with Gasteiger partial charge in [-0.1, -0.05) is 71.7 Å². The van der Waals surface area contributed by atoms with Crippen molar-refractivity contribution in [3.8, 4) is 17.2 Å². The van der Waals surface area contributed by atoms with E-state index in [0.29, 0.717) is 5.75 Å². The molecule has 3 nitrogen and oxygen atoms in total. The van der Waals surface area contributed by atoms with Crippen LogP contribution in [0.3, 0.4) is 0 Å². The van der Waals surface area contributed by atoms with Crippen molar-refractivity contribution in [2.75, 3.05) is 0 Å². The van der Waals surface area contributed by atoms with E-state index < -0.39 is 4.32 Å². The van der Waals surface area contributed by atoms with Gasteiger partial charge in [-0.3, -0.25) is 4.79 Å². The van der Waals surface area contributed by atoms with E-state index >= 15 is 0 Å². The normalized spacial score (nSPS) is 11.8. The summed E-state index contributed by atoms with van der Waals surface area (Å²) >= 11 is 3.32. The highest BCUT2D eigenvalue weighted by Crippen LogP contribution is 2.34. The summed E-state index contributed by atoms with van der Waals surface area (Å²) in [5.41, 5.74) is 3.30. The van der Waals surface area contributed by atoms with Crippen molar-refractivity contribution in [2.24, 2.45) is 0 Å². The molecular formula is C26H27BrO3. The largest absolute Gasteiger partial charge is 0.457 e. The Morgan fingerprint density at radius 1 is 0.700 bits per heavy atom. The zero-order valence-corrected chi connectivity index (χ0v) is 19.6. The van der Waals surface area contributed by atoms with Gasteiger partial charge in [0, 0.05) is 5.41 Å². The van der Waals surface area contributed by atoms with E-state index in [4.69, 9.17) is 9.47 Å². The molecule has 0 unspecified atom stereocenters. The van der Waals surface area contributed by atoms with Gasteiger partial charge in [0.15, 0.2) is 0 Å². The van der Waals surface area contributed by atoms with Crippen LogP contribution in [-0.2, 0) is 10.2 Å². The van der Waals surface area contributed by atoms with Crippen LogP contribution < -0.4 is 9.47 Å². The predicted molar refractivity (Wildman–Crippen MR) is 125 cm³/mol. The number of hydrogen-bond donors (Lipinski definition) is 0. The standard InChI is InChI=1S/C26H27BrO3/c1-18-6-12-21(13-7-18)29-22-14-8-19(9-15-22)25(2,3)20-10-16-23(17-11-20)30-24(28)26(4,5)27/h6-17H,1-5H3. The molecule has 0 aliphatic carbocycles. The van der Waals surface area contributed by atoms with Crippen LogP contribution >= 0.6 is 15.9 Å². The molecule has 0 N–H and O–H groups in total. The second-order valence-corrected chi connectivity index (χ2v) is 10.4. The van der Waals surface area contributed by atoms with Crippen molar-refractivity contribution in [2.45, 2.75) is 44.4 Å². The third-order valence-electron chi connectivity index (χ3n) is 5.10. The lowest BCUT2D eigenvalue weighted by molar-refractivity contribution is -0.136. The van der Waals surface area contributed by atoms with E-state index in [9.17, 15) is 4.79 Å². The molecule has 0 aliphatic rings. The summed E-state index contributed by atoms with van der Waals surface area (Å²) in [6.45, 7) is 9.93. The van der Waals surface area contributed by atoms with Crippen LogP contribution in [0.2, 0.25) is 0 Å². The smallest absolute Gasteiger partial charge is 0.327 e. The van der Waals surface area contributed by atoms with Crippen molar-refractivity contribution in [3.05, 3.63) is 89.5 Å². The maximum Gasteiger partial charge on any atom is 0.327 e. The summed E-state index contributed by atoms with van der Waals surface area (Å²) in [5.74, 6) is 1.84. The number of carbonyl (C=O) groups is 1. The molecule has 4 heteroatoms. The highest BCUT2D eigenvalue weighted by atomic mass is 79.9. The summed E-state index contributed by atoms with van der Waals surface area (Å²) in [5, 5.41) is 0. The molecule has 0 radical (unpaired) electrons. The minimum absolute atomic E-state index is 0.209. The van der Waals surface area contributed by atoms with Gasteiger partial charge in [-0.15, -0.1) is 0 Å². The Hall–Kier alpha value is -2.59. The molecule has 30 heavy (non-hydrogen) atoms. The van der Waals surface area contributed by atoms with Gasteiger partial charge < -0.3 is 9.47 Å². The number of esters is 1. The Morgan fingerprint density at radius 2 is 1.10 bits per heavy atom. The highest BCUT2D eigenvalue weighted by molar-refractivity contribution is 9.10. The summed E-state index contributed by atoms with van der Waals surface area (Å²) in [7, 11) is 0. The fourth-order valence-corrected chi connectivity index (χ4v) is 3.10. The number of alkyl halides is 1. The minimum atomic E-state index is -0.715. The van der Waals surface area contributed by atoms with Crippen LogP contribution in [0.5, 0.6) is 17.2 Å². The molecule has 0 saturated heterocycles. The predicted octanol–water partition coefficient (Wildman–Crippen LogP) is 7.19. The highest BCUT2D eigenvalue weighted by Gasteiger charge is 2.27. The lowest BCUT2D eigenvalue weighted by atomic mass is 9.78. The summed E-state index contributed by atoms with van der Waals surface area (Å²) < 4.78 is 10.6. The first-order valence-corrected chi connectivity index (χ1v) is 10.7. The molecule has 156 valence electrons. The van der Waals surface area contributed by atoms with Crippen molar-refractivity contribution in [1.29, 1.82) is 0 Å². The number of halogens is 1. The molecule has 0 bridgehead atoms. The van der Waals surface area contributed by atoms with E-state index in [1.807, 2.05) is 60.7 Å². The van der Waals surface area contributed by atoms with Gasteiger partial charge in [0.05, 0.1) is 0 Å². The van der Waals surface area contributed by atoms with E-state index in [2.05, 4.69) is 48.8 Å². The van der Waals surface area contributed by atoms with Crippen LogP contribution in [0.4, 0.5) is 0 Å². The van der Waals surface area contributed by atoms with Gasteiger partial charge in [-0.25, -0.2) is 0 Å². The molecule has 0 amide bonds. The van der Waals surface area contributed by atoms with Gasteiger partial charge in [0.1, 0.15) is 21.6 Å². The Morgan fingerprint density at radius 3 is 1.53 bits per heavy atom. The maximum atomic E-state index is 12.0. The number of carbonyl (C=O) groups excluding carboxylic acids is 1. The summed E-state index contributed by atoms with van der Waals surface area (Å²) in [6, 6.07) is 23.8. The van der Waals surface area contributed by atoms with Gasteiger partial charge in [0.2, 0.25) is 0 Å². The quantitative estimate of drug-likeness (QED) is 0.219. The first-order chi connectivity index (χ1) is 14.1. The molecule has 0 heterocycles. The minimum Gasteiger partial charge on any atom is -0.457 e. The van der Waals surface area contributed by atoms with Crippen molar-refractivity contribution in [1.82, 2.24) is 0 Å². The monoisotopic (exact) mass is 466 g/mol. The second kappa shape index (κ2) is 8.65. The zero-order chi connectivity index (χ0) is 21.9. The number of ether oxygens (including phenoxy) is 2. The topological polar surface area (TPSA) is 35.5 Å².